The first-order chi connectivity index (χ1) is 12.5. The summed E-state index contributed by atoms with van der Waals surface area (Å²) < 4.78 is 29.0. The van der Waals surface area contributed by atoms with Gasteiger partial charge in [0.25, 0.3) is 0 Å². The molecule has 0 bridgehead atoms. The molecule has 0 aliphatic carbocycles. The quantitative estimate of drug-likeness (QED) is 0.683. The molecule has 0 saturated heterocycles. The first kappa shape index (κ1) is 18.1. The number of amides is 1. The molecule has 1 amide bonds. The summed E-state index contributed by atoms with van der Waals surface area (Å²) in [7, 11) is 0. The molecule has 0 atom stereocenters. The topological polar surface area (TPSA) is 59.8 Å². The van der Waals surface area contributed by atoms with Crippen molar-refractivity contribution in [1.29, 1.82) is 0 Å². The Morgan fingerprint density at radius 1 is 1.19 bits per heavy atom. The number of carbonyl (C=O) groups excluding carboxylic acids is 1. The van der Waals surface area contributed by atoms with Gasteiger partial charge < -0.3 is 5.32 Å². The number of aryl methyl sites for hydroxylation is 1. The predicted molar refractivity (Wildman–Crippen MR) is 96.3 cm³/mol. The van der Waals surface area contributed by atoms with Crippen LogP contribution in [0.4, 0.5) is 14.5 Å². The van der Waals surface area contributed by atoms with Crippen LogP contribution in [-0.4, -0.2) is 20.7 Å². The Hall–Kier alpha value is -2.74. The Bertz CT molecular complexity index is 958. The van der Waals surface area contributed by atoms with Gasteiger partial charge >= 0.3 is 0 Å². The number of thioether (sulfide) groups is 1. The van der Waals surface area contributed by atoms with Crippen LogP contribution in [0.3, 0.4) is 0 Å². The van der Waals surface area contributed by atoms with Crippen molar-refractivity contribution in [3.05, 3.63) is 65.5 Å². The van der Waals surface area contributed by atoms with Crippen molar-refractivity contribution in [2.75, 3.05) is 5.32 Å². The SMILES string of the molecule is CC(=O)Nc1cccc(-n2c(C)nnc2SCc2cccc(F)c2F)c1. The molecule has 0 saturated carbocycles. The van der Waals surface area contributed by atoms with Gasteiger partial charge in [-0.2, -0.15) is 0 Å². The van der Waals surface area contributed by atoms with Crippen LogP contribution in [-0.2, 0) is 10.5 Å². The molecule has 2 aromatic carbocycles. The number of benzene rings is 2. The van der Waals surface area contributed by atoms with Gasteiger partial charge in [-0.05, 0) is 31.2 Å². The van der Waals surface area contributed by atoms with Crippen LogP contribution in [0.2, 0.25) is 0 Å². The van der Waals surface area contributed by atoms with Crippen LogP contribution in [0, 0.1) is 18.6 Å². The number of anilines is 1. The summed E-state index contributed by atoms with van der Waals surface area (Å²) in [6.45, 7) is 3.23. The lowest BCUT2D eigenvalue weighted by atomic mass is 10.2. The Morgan fingerprint density at radius 3 is 2.73 bits per heavy atom. The van der Waals surface area contributed by atoms with E-state index < -0.39 is 11.6 Å². The highest BCUT2D eigenvalue weighted by atomic mass is 32.2. The third-order valence-electron chi connectivity index (χ3n) is 3.61. The predicted octanol–water partition coefficient (Wildman–Crippen LogP) is 4.10. The average Bonchev–Trinajstić information content (AvgIpc) is 2.96. The van der Waals surface area contributed by atoms with Gasteiger partial charge in [0.05, 0.1) is 5.69 Å². The van der Waals surface area contributed by atoms with Crippen LogP contribution in [0.1, 0.15) is 18.3 Å². The average molecular weight is 374 g/mol. The summed E-state index contributed by atoms with van der Waals surface area (Å²) in [6, 6.07) is 11.3. The number of nitrogens with zero attached hydrogens (tertiary/aromatic N) is 3. The molecule has 5 nitrogen and oxygen atoms in total. The molecule has 1 aromatic heterocycles. The zero-order chi connectivity index (χ0) is 18.7. The maximum absolute atomic E-state index is 13.8. The molecule has 1 N–H and O–H groups in total. The number of rotatable bonds is 5. The first-order valence-electron chi connectivity index (χ1n) is 7.81. The van der Waals surface area contributed by atoms with Crippen LogP contribution >= 0.6 is 11.8 Å². The van der Waals surface area contributed by atoms with Gasteiger partial charge in [0.2, 0.25) is 5.91 Å². The number of carbonyl (C=O) groups is 1. The minimum atomic E-state index is -0.872. The van der Waals surface area contributed by atoms with Crippen LogP contribution < -0.4 is 5.32 Å². The van der Waals surface area contributed by atoms with E-state index in [-0.39, 0.29) is 17.2 Å². The number of hydrogen-bond donors (Lipinski definition) is 1. The fraction of sp³-hybridized carbons (Fsp3) is 0.167. The second kappa shape index (κ2) is 7.65. The van der Waals surface area contributed by atoms with E-state index in [0.717, 1.165) is 11.8 Å². The number of aromatic nitrogens is 3. The lowest BCUT2D eigenvalue weighted by molar-refractivity contribution is -0.114. The minimum absolute atomic E-state index is 0.168. The summed E-state index contributed by atoms with van der Waals surface area (Å²) in [5.74, 6) is -1.03. The van der Waals surface area contributed by atoms with Gasteiger partial charge in [0.1, 0.15) is 5.82 Å². The smallest absolute Gasteiger partial charge is 0.221 e. The normalized spacial score (nSPS) is 10.8. The van der Waals surface area contributed by atoms with E-state index in [1.54, 1.807) is 29.7 Å². The summed E-state index contributed by atoms with van der Waals surface area (Å²) in [5.41, 5.74) is 1.67. The molecule has 3 aromatic rings. The molecular weight excluding hydrogens is 358 g/mol. The van der Waals surface area contributed by atoms with Crippen molar-refractivity contribution in [2.24, 2.45) is 0 Å². The van der Waals surface area contributed by atoms with Gasteiger partial charge in [0, 0.05) is 23.9 Å². The van der Waals surface area contributed by atoms with Crippen molar-refractivity contribution < 1.29 is 13.6 Å². The molecule has 3 rings (SSSR count). The van der Waals surface area contributed by atoms with Gasteiger partial charge in [0.15, 0.2) is 16.8 Å². The van der Waals surface area contributed by atoms with E-state index in [0.29, 0.717) is 16.7 Å². The standard InChI is InChI=1S/C18H16F2N4OS/c1-11-22-23-18(26-10-13-5-3-8-16(19)17(13)20)24(11)15-7-4-6-14(9-15)21-12(2)25/h3-9H,10H2,1-2H3,(H,21,25). The van der Waals surface area contributed by atoms with Crippen LogP contribution in [0.15, 0.2) is 47.6 Å². The second-order valence-electron chi connectivity index (χ2n) is 5.60. The van der Waals surface area contributed by atoms with Gasteiger partial charge in [-0.1, -0.05) is 30.0 Å². The van der Waals surface area contributed by atoms with Gasteiger partial charge in [-0.3, -0.25) is 9.36 Å². The lowest BCUT2D eigenvalue weighted by Gasteiger charge is -2.11. The molecular formula is C18H16F2N4OS. The number of hydrogen-bond acceptors (Lipinski definition) is 4. The Balaban J connectivity index is 1.87. The second-order valence-corrected chi connectivity index (χ2v) is 6.54. The maximum atomic E-state index is 13.8. The molecule has 134 valence electrons. The molecule has 0 aliphatic heterocycles. The summed E-state index contributed by atoms with van der Waals surface area (Å²) in [6.07, 6.45) is 0. The van der Waals surface area contributed by atoms with Gasteiger partial charge in [-0.15, -0.1) is 10.2 Å². The highest BCUT2D eigenvalue weighted by Crippen LogP contribution is 2.27. The van der Waals surface area contributed by atoms with Crippen LogP contribution in [0.5, 0.6) is 0 Å². The van der Waals surface area contributed by atoms with E-state index in [9.17, 15) is 13.6 Å². The molecule has 26 heavy (non-hydrogen) atoms. The van der Waals surface area contributed by atoms with E-state index >= 15 is 0 Å². The fourth-order valence-corrected chi connectivity index (χ4v) is 3.43. The highest BCUT2D eigenvalue weighted by Gasteiger charge is 2.14. The molecule has 0 spiro atoms. The zero-order valence-electron chi connectivity index (χ0n) is 14.2. The highest BCUT2D eigenvalue weighted by molar-refractivity contribution is 7.98. The van der Waals surface area contributed by atoms with E-state index in [1.807, 2.05) is 6.07 Å². The van der Waals surface area contributed by atoms with E-state index in [4.69, 9.17) is 0 Å². The first-order valence-corrected chi connectivity index (χ1v) is 8.80. The molecule has 0 radical (unpaired) electrons. The maximum Gasteiger partial charge on any atom is 0.221 e. The Kier molecular flexibility index (Phi) is 5.32. The molecule has 0 unspecified atom stereocenters. The third-order valence-corrected chi connectivity index (χ3v) is 4.59. The number of nitrogens with one attached hydrogen (secondary N) is 1. The third kappa shape index (κ3) is 3.91. The van der Waals surface area contributed by atoms with E-state index in [2.05, 4.69) is 15.5 Å². The Morgan fingerprint density at radius 2 is 1.96 bits per heavy atom. The van der Waals surface area contributed by atoms with Crippen molar-refractivity contribution >= 4 is 23.4 Å². The largest absolute Gasteiger partial charge is 0.326 e. The fourth-order valence-electron chi connectivity index (χ4n) is 2.46. The van der Waals surface area contributed by atoms with Gasteiger partial charge in [-0.25, -0.2) is 8.78 Å². The lowest BCUT2D eigenvalue weighted by Crippen LogP contribution is -2.07. The van der Waals surface area contributed by atoms with Crippen molar-refractivity contribution in [3.63, 3.8) is 0 Å². The number of halogens is 2. The summed E-state index contributed by atoms with van der Waals surface area (Å²) in [4.78, 5) is 11.3. The monoisotopic (exact) mass is 374 g/mol. The minimum Gasteiger partial charge on any atom is -0.326 e. The van der Waals surface area contributed by atoms with E-state index in [1.165, 1.54) is 30.8 Å². The molecule has 8 heteroatoms. The molecule has 0 fully saturated rings. The molecule has 0 aliphatic rings. The summed E-state index contributed by atoms with van der Waals surface area (Å²) in [5, 5.41) is 11.5. The van der Waals surface area contributed by atoms with Crippen LogP contribution in [0.25, 0.3) is 5.69 Å². The van der Waals surface area contributed by atoms with Crippen molar-refractivity contribution in [1.82, 2.24) is 14.8 Å². The summed E-state index contributed by atoms with van der Waals surface area (Å²) >= 11 is 1.25. The Labute approximate surface area is 153 Å². The van der Waals surface area contributed by atoms with Crippen molar-refractivity contribution in [3.8, 4) is 5.69 Å². The van der Waals surface area contributed by atoms with Crippen molar-refractivity contribution in [2.45, 2.75) is 24.8 Å². The molecule has 1 heterocycles. The zero-order valence-corrected chi connectivity index (χ0v) is 15.0.